The van der Waals surface area contributed by atoms with Gasteiger partial charge in [-0.1, -0.05) is 27.2 Å². The van der Waals surface area contributed by atoms with E-state index in [9.17, 15) is 4.79 Å². The van der Waals surface area contributed by atoms with Crippen molar-refractivity contribution in [2.75, 3.05) is 7.05 Å². The Morgan fingerprint density at radius 3 is 2.65 bits per heavy atom. The van der Waals surface area contributed by atoms with E-state index < -0.39 is 5.54 Å². The molecule has 96 valence electrons. The SMILES string of the molecule is CN=C1NC(=O)C2(CC(C)CCC2C(C)C)N1. The monoisotopic (exact) mass is 237 g/mol. The first-order valence-corrected chi connectivity index (χ1v) is 6.56. The first kappa shape index (κ1) is 12.4. The van der Waals surface area contributed by atoms with Crippen molar-refractivity contribution in [3.63, 3.8) is 0 Å². The lowest BCUT2D eigenvalue weighted by Gasteiger charge is -2.43. The largest absolute Gasteiger partial charge is 0.341 e. The molecule has 0 bridgehead atoms. The van der Waals surface area contributed by atoms with Crippen molar-refractivity contribution in [2.24, 2.45) is 22.7 Å². The van der Waals surface area contributed by atoms with Gasteiger partial charge in [0.25, 0.3) is 5.91 Å². The van der Waals surface area contributed by atoms with E-state index in [0.717, 1.165) is 12.8 Å². The third-order valence-corrected chi connectivity index (χ3v) is 4.28. The molecule has 2 aliphatic rings. The minimum atomic E-state index is -0.416. The number of rotatable bonds is 1. The van der Waals surface area contributed by atoms with Crippen LogP contribution in [-0.4, -0.2) is 24.5 Å². The molecule has 0 aromatic heterocycles. The standard InChI is InChI=1S/C13H23N3O/c1-8(2)10-6-5-9(3)7-13(10)11(17)15-12(14-4)16-13/h8-10H,5-7H2,1-4H3,(H2,14,15,16,17). The first-order valence-electron chi connectivity index (χ1n) is 6.56. The highest BCUT2D eigenvalue weighted by Crippen LogP contribution is 2.42. The third-order valence-electron chi connectivity index (χ3n) is 4.28. The average Bonchev–Trinajstić information content (AvgIpc) is 2.56. The van der Waals surface area contributed by atoms with E-state index in [1.807, 2.05) is 0 Å². The predicted octanol–water partition coefficient (Wildman–Crippen LogP) is 1.52. The minimum Gasteiger partial charge on any atom is -0.341 e. The van der Waals surface area contributed by atoms with E-state index in [-0.39, 0.29) is 5.91 Å². The van der Waals surface area contributed by atoms with Gasteiger partial charge in [0.15, 0.2) is 5.96 Å². The van der Waals surface area contributed by atoms with Gasteiger partial charge in [0, 0.05) is 7.05 Å². The van der Waals surface area contributed by atoms with Crippen LogP contribution in [0.15, 0.2) is 4.99 Å². The maximum Gasteiger partial charge on any atom is 0.252 e. The van der Waals surface area contributed by atoms with Crippen molar-refractivity contribution in [2.45, 2.75) is 45.6 Å². The van der Waals surface area contributed by atoms with Crippen LogP contribution in [-0.2, 0) is 4.79 Å². The van der Waals surface area contributed by atoms with Gasteiger partial charge >= 0.3 is 0 Å². The normalized spacial score (nSPS) is 39.8. The number of carbonyl (C=O) groups is 1. The second-order valence-electron chi connectivity index (χ2n) is 5.86. The van der Waals surface area contributed by atoms with Crippen LogP contribution in [0.4, 0.5) is 0 Å². The highest BCUT2D eigenvalue weighted by atomic mass is 16.2. The summed E-state index contributed by atoms with van der Waals surface area (Å²) in [6.45, 7) is 6.64. The van der Waals surface area contributed by atoms with E-state index in [1.54, 1.807) is 7.05 Å². The molecule has 3 atom stereocenters. The number of hydrogen-bond donors (Lipinski definition) is 2. The Labute approximate surface area is 103 Å². The summed E-state index contributed by atoms with van der Waals surface area (Å²) in [4.78, 5) is 16.4. The molecule has 4 heteroatoms. The number of amides is 1. The summed E-state index contributed by atoms with van der Waals surface area (Å²) >= 11 is 0. The van der Waals surface area contributed by atoms with Gasteiger partial charge in [-0.2, -0.15) is 0 Å². The molecule has 1 heterocycles. The van der Waals surface area contributed by atoms with Gasteiger partial charge in [0.1, 0.15) is 5.54 Å². The van der Waals surface area contributed by atoms with Crippen molar-refractivity contribution in [1.29, 1.82) is 0 Å². The molecule has 0 radical (unpaired) electrons. The predicted molar refractivity (Wildman–Crippen MR) is 68.7 cm³/mol. The number of aliphatic imine (C=N–C) groups is 1. The highest BCUT2D eigenvalue weighted by Gasteiger charge is 2.53. The van der Waals surface area contributed by atoms with Gasteiger partial charge in [0.05, 0.1) is 0 Å². The maximum atomic E-state index is 12.3. The zero-order valence-corrected chi connectivity index (χ0v) is 11.2. The minimum absolute atomic E-state index is 0.114. The van der Waals surface area contributed by atoms with Crippen LogP contribution in [0.2, 0.25) is 0 Å². The lowest BCUT2D eigenvalue weighted by atomic mass is 9.65. The summed E-state index contributed by atoms with van der Waals surface area (Å²) in [6.07, 6.45) is 3.26. The Hall–Kier alpha value is -1.06. The molecule has 0 aromatic rings. The van der Waals surface area contributed by atoms with Crippen LogP contribution < -0.4 is 10.6 Å². The number of hydrogen-bond acceptors (Lipinski definition) is 2. The topological polar surface area (TPSA) is 53.5 Å². The van der Waals surface area contributed by atoms with E-state index >= 15 is 0 Å². The smallest absolute Gasteiger partial charge is 0.252 e. The lowest BCUT2D eigenvalue weighted by Crippen LogP contribution is -2.57. The summed E-state index contributed by atoms with van der Waals surface area (Å²) in [6, 6.07) is 0. The first-order chi connectivity index (χ1) is 7.99. The Kier molecular flexibility index (Phi) is 3.15. The molecule has 4 nitrogen and oxygen atoms in total. The van der Waals surface area contributed by atoms with Crippen molar-refractivity contribution < 1.29 is 4.79 Å². The van der Waals surface area contributed by atoms with Gasteiger partial charge in [0.2, 0.25) is 0 Å². The summed E-state index contributed by atoms with van der Waals surface area (Å²) < 4.78 is 0. The van der Waals surface area contributed by atoms with Crippen LogP contribution in [0.1, 0.15) is 40.0 Å². The van der Waals surface area contributed by atoms with E-state index in [0.29, 0.717) is 23.7 Å². The zero-order valence-electron chi connectivity index (χ0n) is 11.2. The van der Waals surface area contributed by atoms with Crippen molar-refractivity contribution >= 4 is 11.9 Å². The van der Waals surface area contributed by atoms with Crippen LogP contribution in [0.5, 0.6) is 0 Å². The van der Waals surface area contributed by atoms with Crippen molar-refractivity contribution in [1.82, 2.24) is 10.6 Å². The summed E-state index contributed by atoms with van der Waals surface area (Å²) in [5, 5.41) is 6.23. The fourth-order valence-corrected chi connectivity index (χ4v) is 3.45. The fraction of sp³-hybridized carbons (Fsp3) is 0.846. The van der Waals surface area contributed by atoms with E-state index in [4.69, 9.17) is 0 Å². The number of nitrogens with one attached hydrogen (secondary N) is 2. The van der Waals surface area contributed by atoms with Crippen LogP contribution >= 0.6 is 0 Å². The summed E-state index contributed by atoms with van der Waals surface area (Å²) in [5.41, 5.74) is -0.416. The number of nitrogens with zero attached hydrogens (tertiary/aromatic N) is 1. The summed E-state index contributed by atoms with van der Waals surface area (Å²) in [5.74, 6) is 2.26. The van der Waals surface area contributed by atoms with Gasteiger partial charge in [-0.15, -0.1) is 0 Å². The molecule has 1 saturated carbocycles. The highest BCUT2D eigenvalue weighted by molar-refractivity contribution is 6.09. The van der Waals surface area contributed by atoms with Gasteiger partial charge < -0.3 is 5.32 Å². The van der Waals surface area contributed by atoms with E-state index in [2.05, 4.69) is 36.4 Å². The number of carbonyl (C=O) groups excluding carboxylic acids is 1. The third kappa shape index (κ3) is 1.94. The van der Waals surface area contributed by atoms with Crippen LogP contribution in [0.25, 0.3) is 0 Å². The molecule has 1 amide bonds. The Morgan fingerprint density at radius 1 is 1.41 bits per heavy atom. The zero-order chi connectivity index (χ0) is 12.6. The average molecular weight is 237 g/mol. The van der Waals surface area contributed by atoms with Crippen molar-refractivity contribution in [3.05, 3.63) is 0 Å². The van der Waals surface area contributed by atoms with Crippen LogP contribution in [0.3, 0.4) is 0 Å². The quantitative estimate of drug-likeness (QED) is 0.726. The second kappa shape index (κ2) is 4.31. The molecule has 1 spiro atoms. The molecule has 0 aromatic carbocycles. The molecule has 2 rings (SSSR count). The molecule has 2 N–H and O–H groups in total. The second-order valence-corrected chi connectivity index (χ2v) is 5.86. The molecule has 3 unspecified atom stereocenters. The molecule has 17 heavy (non-hydrogen) atoms. The fourth-order valence-electron chi connectivity index (χ4n) is 3.45. The number of guanidine groups is 1. The van der Waals surface area contributed by atoms with Gasteiger partial charge in [-0.3, -0.25) is 15.1 Å². The van der Waals surface area contributed by atoms with E-state index in [1.165, 1.54) is 6.42 Å². The van der Waals surface area contributed by atoms with Crippen LogP contribution in [0, 0.1) is 17.8 Å². The van der Waals surface area contributed by atoms with Gasteiger partial charge in [-0.25, -0.2) is 0 Å². The summed E-state index contributed by atoms with van der Waals surface area (Å²) in [7, 11) is 1.71. The van der Waals surface area contributed by atoms with Gasteiger partial charge in [-0.05, 0) is 30.6 Å². The van der Waals surface area contributed by atoms with Crippen molar-refractivity contribution in [3.8, 4) is 0 Å². The molecule has 1 aliphatic heterocycles. The Balaban J connectivity index is 2.33. The molecule has 1 aliphatic carbocycles. The molecule has 2 fully saturated rings. The Bertz CT molecular complexity index is 351. The molecular formula is C13H23N3O. The maximum absolute atomic E-state index is 12.3. The Morgan fingerprint density at radius 2 is 2.12 bits per heavy atom. The molecule has 1 saturated heterocycles. The lowest BCUT2D eigenvalue weighted by molar-refractivity contribution is -0.129. The molecular weight excluding hydrogens is 214 g/mol.